The molecule has 4 nitrogen and oxygen atoms in total. The molecule has 0 aliphatic rings. The van der Waals surface area contributed by atoms with E-state index in [4.69, 9.17) is 9.84 Å². The maximum Gasteiger partial charge on any atom is 0.344 e. The molecule has 1 rings (SSSR count). The number of aryl methyl sites for hydroxylation is 1. The molecule has 0 saturated heterocycles. The van der Waals surface area contributed by atoms with Crippen LogP contribution in [0, 0.1) is 0 Å². The normalized spacial score (nSPS) is 11.9. The van der Waals surface area contributed by atoms with Crippen LogP contribution in [0.5, 0.6) is 5.75 Å². The molecule has 1 aromatic rings. The maximum atomic E-state index is 11.0. The van der Waals surface area contributed by atoms with Gasteiger partial charge in [0.05, 0.1) is 0 Å². The molecule has 0 bridgehead atoms. The number of aliphatic carboxylic acids is 1. The van der Waals surface area contributed by atoms with Crippen molar-refractivity contribution in [3.05, 3.63) is 29.8 Å². The van der Waals surface area contributed by atoms with E-state index in [1.807, 2.05) is 19.1 Å². The first-order chi connectivity index (χ1) is 9.02. The number of carboxylic acid groups (broad SMARTS) is 1. The van der Waals surface area contributed by atoms with Crippen molar-refractivity contribution >= 4 is 11.8 Å². The Morgan fingerprint density at radius 3 is 2.37 bits per heavy atom. The van der Waals surface area contributed by atoms with E-state index in [0.29, 0.717) is 25.0 Å². The standard InChI is InChI=1S/C15H20O4/c1-3-4-14(15(17)18)19-13-9-7-12(8-10-13)6-5-11(2)16/h7-10,14H,3-6H2,1-2H3,(H,17,18). The average molecular weight is 264 g/mol. The molecule has 0 amide bonds. The minimum absolute atomic E-state index is 0.161. The predicted octanol–water partition coefficient (Wildman–Crippen LogP) is 2.84. The van der Waals surface area contributed by atoms with Crippen molar-refractivity contribution in [2.45, 2.75) is 45.6 Å². The zero-order valence-electron chi connectivity index (χ0n) is 11.4. The highest BCUT2D eigenvalue weighted by molar-refractivity contribution is 5.75. The van der Waals surface area contributed by atoms with Crippen LogP contribution < -0.4 is 4.74 Å². The van der Waals surface area contributed by atoms with Crippen LogP contribution >= 0.6 is 0 Å². The lowest BCUT2D eigenvalue weighted by atomic mass is 10.1. The Labute approximate surface area is 113 Å². The lowest BCUT2D eigenvalue weighted by Crippen LogP contribution is -2.26. The van der Waals surface area contributed by atoms with E-state index in [0.717, 1.165) is 12.0 Å². The van der Waals surface area contributed by atoms with Gasteiger partial charge in [-0.05, 0) is 37.5 Å². The Balaban J connectivity index is 2.60. The number of hydrogen-bond acceptors (Lipinski definition) is 3. The van der Waals surface area contributed by atoms with Gasteiger partial charge in [0.2, 0.25) is 0 Å². The van der Waals surface area contributed by atoms with E-state index < -0.39 is 12.1 Å². The van der Waals surface area contributed by atoms with Crippen LogP contribution in [-0.2, 0) is 16.0 Å². The van der Waals surface area contributed by atoms with E-state index in [1.54, 1.807) is 19.1 Å². The first kappa shape index (κ1) is 15.2. The first-order valence-electron chi connectivity index (χ1n) is 6.50. The Morgan fingerprint density at radius 2 is 1.89 bits per heavy atom. The molecule has 0 aromatic heterocycles. The quantitative estimate of drug-likeness (QED) is 0.784. The highest BCUT2D eigenvalue weighted by Crippen LogP contribution is 2.16. The van der Waals surface area contributed by atoms with Gasteiger partial charge < -0.3 is 14.6 Å². The van der Waals surface area contributed by atoms with E-state index in [2.05, 4.69) is 0 Å². The fourth-order valence-electron chi connectivity index (χ4n) is 1.71. The van der Waals surface area contributed by atoms with Crippen molar-refractivity contribution in [3.63, 3.8) is 0 Å². The molecule has 1 atom stereocenters. The fourth-order valence-corrected chi connectivity index (χ4v) is 1.71. The first-order valence-corrected chi connectivity index (χ1v) is 6.50. The van der Waals surface area contributed by atoms with Crippen LogP contribution in [0.25, 0.3) is 0 Å². The van der Waals surface area contributed by atoms with E-state index in [9.17, 15) is 9.59 Å². The number of rotatable bonds is 8. The van der Waals surface area contributed by atoms with E-state index in [-0.39, 0.29) is 5.78 Å². The van der Waals surface area contributed by atoms with Crippen molar-refractivity contribution < 1.29 is 19.4 Å². The number of hydrogen-bond donors (Lipinski definition) is 1. The monoisotopic (exact) mass is 264 g/mol. The summed E-state index contributed by atoms with van der Waals surface area (Å²) in [5.74, 6) is -0.232. The van der Waals surface area contributed by atoms with Crippen molar-refractivity contribution in [2.24, 2.45) is 0 Å². The Morgan fingerprint density at radius 1 is 1.26 bits per heavy atom. The third-order valence-electron chi connectivity index (χ3n) is 2.79. The maximum absolute atomic E-state index is 11.0. The molecule has 0 radical (unpaired) electrons. The van der Waals surface area contributed by atoms with Crippen LogP contribution in [-0.4, -0.2) is 23.0 Å². The molecule has 1 aromatic carbocycles. The van der Waals surface area contributed by atoms with E-state index >= 15 is 0 Å². The number of ether oxygens (including phenoxy) is 1. The van der Waals surface area contributed by atoms with Gasteiger partial charge >= 0.3 is 5.97 Å². The van der Waals surface area contributed by atoms with Gasteiger partial charge in [0.25, 0.3) is 0 Å². The van der Waals surface area contributed by atoms with Gasteiger partial charge in [0.1, 0.15) is 11.5 Å². The number of carbonyl (C=O) groups is 2. The summed E-state index contributed by atoms with van der Waals surface area (Å²) in [4.78, 5) is 21.9. The predicted molar refractivity (Wildman–Crippen MR) is 72.4 cm³/mol. The Hall–Kier alpha value is -1.84. The minimum Gasteiger partial charge on any atom is -0.479 e. The molecule has 4 heteroatoms. The van der Waals surface area contributed by atoms with Crippen LogP contribution in [0.15, 0.2) is 24.3 Å². The summed E-state index contributed by atoms with van der Waals surface area (Å²) in [5.41, 5.74) is 1.05. The van der Waals surface area contributed by atoms with Crippen molar-refractivity contribution in [3.8, 4) is 5.75 Å². The molecule has 19 heavy (non-hydrogen) atoms. The van der Waals surface area contributed by atoms with E-state index in [1.165, 1.54) is 0 Å². The molecule has 1 N–H and O–H groups in total. The number of benzene rings is 1. The molecule has 0 saturated carbocycles. The summed E-state index contributed by atoms with van der Waals surface area (Å²) in [6.07, 6.45) is 1.67. The largest absolute Gasteiger partial charge is 0.479 e. The summed E-state index contributed by atoms with van der Waals surface area (Å²) in [6, 6.07) is 7.23. The second-order valence-corrected chi connectivity index (χ2v) is 4.58. The van der Waals surface area contributed by atoms with Gasteiger partial charge in [0, 0.05) is 6.42 Å². The molecule has 0 aliphatic heterocycles. The minimum atomic E-state index is -0.942. The van der Waals surface area contributed by atoms with Crippen LogP contribution in [0.3, 0.4) is 0 Å². The van der Waals surface area contributed by atoms with Crippen molar-refractivity contribution in [1.82, 2.24) is 0 Å². The fraction of sp³-hybridized carbons (Fsp3) is 0.467. The summed E-state index contributed by atoms with van der Waals surface area (Å²) in [5, 5.41) is 9.00. The van der Waals surface area contributed by atoms with Gasteiger partial charge in [-0.15, -0.1) is 0 Å². The van der Waals surface area contributed by atoms with Crippen LogP contribution in [0.4, 0.5) is 0 Å². The smallest absolute Gasteiger partial charge is 0.344 e. The molecular formula is C15H20O4. The summed E-state index contributed by atoms with van der Waals surface area (Å²) >= 11 is 0. The molecular weight excluding hydrogens is 244 g/mol. The third-order valence-corrected chi connectivity index (χ3v) is 2.79. The highest BCUT2D eigenvalue weighted by atomic mass is 16.5. The summed E-state index contributed by atoms with van der Waals surface area (Å²) in [7, 11) is 0. The zero-order valence-corrected chi connectivity index (χ0v) is 11.4. The summed E-state index contributed by atoms with van der Waals surface area (Å²) in [6.45, 7) is 3.49. The van der Waals surface area contributed by atoms with Crippen LogP contribution in [0.1, 0.15) is 38.7 Å². The molecule has 1 unspecified atom stereocenters. The van der Waals surface area contributed by atoms with Crippen LogP contribution in [0.2, 0.25) is 0 Å². The lowest BCUT2D eigenvalue weighted by Gasteiger charge is -2.14. The molecule has 0 spiro atoms. The van der Waals surface area contributed by atoms with Crippen molar-refractivity contribution in [2.75, 3.05) is 0 Å². The Bertz CT molecular complexity index is 422. The highest BCUT2D eigenvalue weighted by Gasteiger charge is 2.17. The number of carboxylic acids is 1. The summed E-state index contributed by atoms with van der Waals surface area (Å²) < 4.78 is 5.43. The van der Waals surface area contributed by atoms with Gasteiger partial charge in [-0.1, -0.05) is 25.5 Å². The second-order valence-electron chi connectivity index (χ2n) is 4.58. The van der Waals surface area contributed by atoms with Gasteiger partial charge in [-0.3, -0.25) is 0 Å². The second kappa shape index (κ2) is 7.56. The number of carbonyl (C=O) groups excluding carboxylic acids is 1. The van der Waals surface area contributed by atoms with Gasteiger partial charge in [-0.25, -0.2) is 4.79 Å². The average Bonchev–Trinajstić information content (AvgIpc) is 2.37. The van der Waals surface area contributed by atoms with Gasteiger partial charge in [-0.2, -0.15) is 0 Å². The number of Topliss-reactive ketones (excluding diaryl/α,β-unsaturated/α-hetero) is 1. The zero-order chi connectivity index (χ0) is 14.3. The molecule has 104 valence electrons. The molecule has 0 heterocycles. The van der Waals surface area contributed by atoms with Crippen molar-refractivity contribution in [1.29, 1.82) is 0 Å². The number of ketones is 1. The SMILES string of the molecule is CCCC(Oc1ccc(CCC(C)=O)cc1)C(=O)O. The third kappa shape index (κ3) is 5.55. The molecule has 0 fully saturated rings. The Kier molecular flexibility index (Phi) is 6.06. The topological polar surface area (TPSA) is 63.6 Å². The van der Waals surface area contributed by atoms with Gasteiger partial charge in [0.15, 0.2) is 6.10 Å². The molecule has 0 aliphatic carbocycles. The lowest BCUT2D eigenvalue weighted by molar-refractivity contribution is -0.145.